The van der Waals surface area contributed by atoms with Crippen LogP contribution in [0.4, 0.5) is 17.1 Å². The predicted molar refractivity (Wildman–Crippen MR) is 104 cm³/mol. The van der Waals surface area contributed by atoms with Crippen LogP contribution in [0.2, 0.25) is 0 Å². The molecule has 0 amide bonds. The van der Waals surface area contributed by atoms with E-state index in [1.807, 2.05) is 18.2 Å². The number of nitro groups is 2. The number of nitro benzene ring substituents is 2. The van der Waals surface area contributed by atoms with E-state index in [1.54, 1.807) is 23.3 Å². The normalized spacial score (nSPS) is 22.3. The van der Waals surface area contributed by atoms with Gasteiger partial charge in [0.2, 0.25) is 0 Å². The van der Waals surface area contributed by atoms with Gasteiger partial charge in [0.05, 0.1) is 27.1 Å². The van der Waals surface area contributed by atoms with Crippen LogP contribution in [-0.4, -0.2) is 22.0 Å². The minimum absolute atomic E-state index is 0.00453. The summed E-state index contributed by atoms with van der Waals surface area (Å²) in [6.07, 6.45) is 4.16. The maximum Gasteiger partial charge on any atom is 0.274 e. The first-order chi connectivity index (χ1) is 13.3. The van der Waals surface area contributed by atoms with Crippen LogP contribution in [0.15, 0.2) is 48.5 Å². The fourth-order valence-electron chi connectivity index (χ4n) is 3.93. The lowest BCUT2D eigenvalue weighted by Gasteiger charge is -2.26. The van der Waals surface area contributed by atoms with Gasteiger partial charge in [-0.2, -0.15) is 0 Å². The average molecular weight is 381 g/mol. The third-order valence-corrected chi connectivity index (χ3v) is 5.63. The molecule has 8 nitrogen and oxygen atoms in total. The summed E-state index contributed by atoms with van der Waals surface area (Å²) in [7, 11) is 0. The molecule has 0 N–H and O–H groups in total. The Kier molecular flexibility index (Phi) is 4.15. The lowest BCUT2D eigenvalue weighted by molar-refractivity contribution is -0.385. The molecule has 1 fully saturated rings. The first-order valence-electron chi connectivity index (χ1n) is 8.94. The lowest BCUT2D eigenvalue weighted by Crippen LogP contribution is -2.36. The zero-order valence-electron chi connectivity index (χ0n) is 15.4. The minimum atomic E-state index is -0.429. The predicted octanol–water partition coefficient (Wildman–Crippen LogP) is 4.29. The van der Waals surface area contributed by atoms with E-state index >= 15 is 0 Å². The maximum absolute atomic E-state index is 11.3. The highest BCUT2D eigenvalue weighted by Gasteiger charge is 2.53. The molecule has 2 heterocycles. The fraction of sp³-hybridized carbons (Fsp3) is 0.300. The Morgan fingerprint density at radius 2 is 1.82 bits per heavy atom. The zero-order chi connectivity index (χ0) is 20.1. The van der Waals surface area contributed by atoms with Gasteiger partial charge in [0.25, 0.3) is 11.4 Å². The molecule has 4 rings (SSSR count). The summed E-state index contributed by atoms with van der Waals surface area (Å²) >= 11 is 0. The summed E-state index contributed by atoms with van der Waals surface area (Å²) in [5, 5.41) is 23.9. The molecule has 144 valence electrons. The van der Waals surface area contributed by atoms with Crippen LogP contribution >= 0.6 is 0 Å². The van der Waals surface area contributed by atoms with Crippen LogP contribution in [0.1, 0.15) is 25.0 Å². The third kappa shape index (κ3) is 2.82. The van der Waals surface area contributed by atoms with Crippen molar-refractivity contribution in [1.82, 2.24) is 0 Å². The second-order valence-electron chi connectivity index (χ2n) is 7.63. The van der Waals surface area contributed by atoms with Crippen molar-refractivity contribution in [2.45, 2.75) is 32.4 Å². The molecule has 8 heteroatoms. The molecule has 2 aliphatic rings. The lowest BCUT2D eigenvalue weighted by atomic mass is 9.78. The Balaban J connectivity index is 1.58. The smallest absolute Gasteiger partial charge is 0.265 e. The van der Waals surface area contributed by atoms with Crippen molar-refractivity contribution >= 4 is 23.1 Å². The van der Waals surface area contributed by atoms with Crippen molar-refractivity contribution in [2.24, 2.45) is 5.41 Å². The van der Waals surface area contributed by atoms with E-state index in [0.29, 0.717) is 12.0 Å². The van der Waals surface area contributed by atoms with Gasteiger partial charge in [-0.15, -0.1) is 0 Å². The summed E-state index contributed by atoms with van der Waals surface area (Å²) in [6.45, 7) is 4.17. The molecule has 0 aromatic heterocycles. The number of non-ortho nitro benzene ring substituents is 1. The molecule has 0 aliphatic carbocycles. The highest BCUT2D eigenvalue weighted by Crippen LogP contribution is 2.50. The molecule has 2 aliphatic heterocycles. The van der Waals surface area contributed by atoms with Gasteiger partial charge >= 0.3 is 0 Å². The number of hydrogen-bond acceptors (Lipinski definition) is 6. The molecule has 0 radical (unpaired) electrons. The largest absolute Gasteiger partial charge is 0.274 e. The van der Waals surface area contributed by atoms with Crippen molar-refractivity contribution < 1.29 is 14.7 Å². The molecule has 0 spiro atoms. The van der Waals surface area contributed by atoms with Gasteiger partial charge in [0.1, 0.15) is 6.10 Å². The second kappa shape index (κ2) is 6.42. The standard InChI is InChI=1S/C20H19N3O5/c1-20(2)18-12-15-16(4-3-5-17(15)23(26)27)21(18)28-19(20)11-8-13-6-9-14(10-7-13)22(24)25/h3-11,18-19H,12H2,1-2H3. The highest BCUT2D eigenvalue weighted by molar-refractivity contribution is 5.67. The number of benzene rings is 2. The topological polar surface area (TPSA) is 98.8 Å². The molecule has 2 aromatic rings. The summed E-state index contributed by atoms with van der Waals surface area (Å²) < 4.78 is 0. The van der Waals surface area contributed by atoms with Crippen molar-refractivity contribution in [3.8, 4) is 0 Å². The molecule has 28 heavy (non-hydrogen) atoms. The van der Waals surface area contributed by atoms with E-state index in [4.69, 9.17) is 4.84 Å². The SMILES string of the molecule is CC1(C)C(C=Cc2ccc([N+](=O)[O-])cc2)ON2c3cccc([N+](=O)[O-])c3CC21. The number of nitrogens with zero attached hydrogens (tertiary/aromatic N) is 3. The van der Waals surface area contributed by atoms with Crippen LogP contribution in [0.5, 0.6) is 0 Å². The molecular weight excluding hydrogens is 362 g/mol. The van der Waals surface area contributed by atoms with Gasteiger partial charge in [0, 0.05) is 30.0 Å². The van der Waals surface area contributed by atoms with Crippen molar-refractivity contribution in [3.63, 3.8) is 0 Å². The highest BCUT2D eigenvalue weighted by atomic mass is 16.7. The Morgan fingerprint density at radius 3 is 2.46 bits per heavy atom. The molecular formula is C20H19N3O5. The first kappa shape index (κ1) is 18.1. The molecule has 0 bridgehead atoms. The molecule has 2 atom stereocenters. The summed E-state index contributed by atoms with van der Waals surface area (Å²) in [5.41, 5.74) is 2.21. The number of rotatable bonds is 4. The van der Waals surface area contributed by atoms with Gasteiger partial charge in [-0.1, -0.05) is 32.1 Å². The molecule has 2 aromatic carbocycles. The van der Waals surface area contributed by atoms with E-state index in [2.05, 4.69) is 13.8 Å². The molecule has 1 saturated heterocycles. The zero-order valence-corrected chi connectivity index (χ0v) is 15.4. The van der Waals surface area contributed by atoms with E-state index in [0.717, 1.165) is 11.3 Å². The Hall–Kier alpha value is -3.26. The molecule has 2 unspecified atom stereocenters. The van der Waals surface area contributed by atoms with Crippen LogP contribution in [0.3, 0.4) is 0 Å². The minimum Gasteiger partial charge on any atom is -0.265 e. The quantitative estimate of drug-likeness (QED) is 0.579. The van der Waals surface area contributed by atoms with Gasteiger partial charge in [-0.25, -0.2) is 5.06 Å². The van der Waals surface area contributed by atoms with Crippen LogP contribution in [-0.2, 0) is 11.3 Å². The Bertz CT molecular complexity index is 984. The van der Waals surface area contributed by atoms with E-state index in [9.17, 15) is 20.2 Å². The van der Waals surface area contributed by atoms with Gasteiger partial charge in [-0.05, 0) is 23.8 Å². The van der Waals surface area contributed by atoms with Crippen molar-refractivity contribution in [1.29, 1.82) is 0 Å². The number of anilines is 1. The van der Waals surface area contributed by atoms with Crippen LogP contribution < -0.4 is 5.06 Å². The first-order valence-corrected chi connectivity index (χ1v) is 8.94. The van der Waals surface area contributed by atoms with Gasteiger partial charge in [0.15, 0.2) is 0 Å². The van der Waals surface area contributed by atoms with Crippen molar-refractivity contribution in [2.75, 3.05) is 5.06 Å². The van der Waals surface area contributed by atoms with Crippen molar-refractivity contribution in [3.05, 3.63) is 79.9 Å². The third-order valence-electron chi connectivity index (χ3n) is 5.63. The monoisotopic (exact) mass is 381 g/mol. The number of hydroxylamine groups is 1. The number of fused-ring (bicyclic) bond motifs is 3. The Morgan fingerprint density at radius 1 is 1.11 bits per heavy atom. The average Bonchev–Trinajstić information content (AvgIpc) is 3.15. The van der Waals surface area contributed by atoms with E-state index < -0.39 is 4.92 Å². The maximum atomic E-state index is 11.3. The van der Waals surface area contributed by atoms with Crippen LogP contribution in [0.25, 0.3) is 6.08 Å². The fourth-order valence-corrected chi connectivity index (χ4v) is 3.93. The van der Waals surface area contributed by atoms with E-state index in [-0.39, 0.29) is 33.9 Å². The Labute approximate surface area is 161 Å². The number of hydrogen-bond donors (Lipinski definition) is 0. The van der Waals surface area contributed by atoms with E-state index in [1.165, 1.54) is 18.2 Å². The van der Waals surface area contributed by atoms with Crippen LogP contribution in [0, 0.1) is 25.6 Å². The summed E-state index contributed by atoms with van der Waals surface area (Å²) in [5.74, 6) is 0. The summed E-state index contributed by atoms with van der Waals surface area (Å²) in [6, 6.07) is 11.4. The van der Waals surface area contributed by atoms with Gasteiger partial charge < -0.3 is 0 Å². The van der Waals surface area contributed by atoms with Gasteiger partial charge in [-0.3, -0.25) is 25.1 Å². The summed E-state index contributed by atoms with van der Waals surface area (Å²) in [4.78, 5) is 27.5. The molecule has 0 saturated carbocycles. The second-order valence-corrected chi connectivity index (χ2v) is 7.63.